The SMILES string of the molecule is CC(C[C@H](COc1cccc(C(F)(F)F)c1)O[Si](C)(C)C(C)(C)C)[C@H]1CC[C@@H]2OC(=O)CCC/C=C\C[C@@H]21. The Morgan fingerprint density at radius 1 is 1.13 bits per heavy atom. The van der Waals surface area contributed by atoms with E-state index in [2.05, 4.69) is 52.9 Å². The summed E-state index contributed by atoms with van der Waals surface area (Å²) in [5, 5.41) is -0.0154. The van der Waals surface area contributed by atoms with Crippen molar-refractivity contribution < 1.29 is 31.9 Å². The maximum Gasteiger partial charge on any atom is 0.416 e. The third kappa shape index (κ3) is 8.35. The Hall–Kier alpha value is -1.80. The van der Waals surface area contributed by atoms with E-state index in [0.29, 0.717) is 12.3 Å². The fourth-order valence-corrected chi connectivity index (χ4v) is 6.84. The Labute approximate surface area is 227 Å². The van der Waals surface area contributed by atoms with Gasteiger partial charge in [-0.05, 0) is 86.7 Å². The van der Waals surface area contributed by atoms with Crippen LogP contribution in [0.3, 0.4) is 0 Å². The van der Waals surface area contributed by atoms with Gasteiger partial charge in [0.15, 0.2) is 8.32 Å². The van der Waals surface area contributed by atoms with Crippen molar-refractivity contribution in [3.05, 3.63) is 42.0 Å². The van der Waals surface area contributed by atoms with Crippen LogP contribution < -0.4 is 4.74 Å². The molecule has 38 heavy (non-hydrogen) atoms. The lowest BCUT2D eigenvalue weighted by Crippen LogP contribution is -2.46. The molecule has 0 radical (unpaired) electrons. The van der Waals surface area contributed by atoms with Gasteiger partial charge < -0.3 is 13.9 Å². The topological polar surface area (TPSA) is 44.8 Å². The molecule has 0 bridgehead atoms. The van der Waals surface area contributed by atoms with Gasteiger partial charge in [-0.2, -0.15) is 13.2 Å². The number of hydrogen-bond donors (Lipinski definition) is 0. The minimum Gasteiger partial charge on any atom is -0.491 e. The van der Waals surface area contributed by atoms with Gasteiger partial charge in [0.1, 0.15) is 18.5 Å². The number of rotatable bonds is 8. The third-order valence-corrected chi connectivity index (χ3v) is 13.2. The monoisotopic (exact) mass is 554 g/mol. The van der Waals surface area contributed by atoms with Crippen molar-refractivity contribution in [2.45, 2.75) is 109 Å². The number of ether oxygens (including phenoxy) is 2. The molecular weight excluding hydrogens is 509 g/mol. The normalized spacial score (nSPS) is 25.7. The van der Waals surface area contributed by atoms with E-state index in [-0.39, 0.29) is 47.4 Å². The molecule has 1 unspecified atom stereocenters. The fraction of sp³-hybridized carbons (Fsp3) is 0.700. The second kappa shape index (κ2) is 12.6. The van der Waals surface area contributed by atoms with Crippen LogP contribution in [0.15, 0.2) is 36.4 Å². The quantitative estimate of drug-likeness (QED) is 0.183. The Morgan fingerprint density at radius 3 is 2.55 bits per heavy atom. The molecule has 0 N–H and O–H groups in total. The molecule has 1 aliphatic heterocycles. The Morgan fingerprint density at radius 2 is 1.87 bits per heavy atom. The van der Waals surface area contributed by atoms with E-state index in [1.54, 1.807) is 6.07 Å². The molecule has 1 aromatic rings. The van der Waals surface area contributed by atoms with Crippen LogP contribution in [0, 0.1) is 17.8 Å². The van der Waals surface area contributed by atoms with Crippen LogP contribution in [0.2, 0.25) is 18.1 Å². The maximum absolute atomic E-state index is 13.2. The fourth-order valence-electron chi connectivity index (χ4n) is 5.49. The number of allylic oxidation sites excluding steroid dienone is 2. The summed E-state index contributed by atoms with van der Waals surface area (Å²) in [6.45, 7) is 13.3. The Bertz CT molecular complexity index is 954. The second-order valence-corrected chi connectivity index (χ2v) is 17.3. The van der Waals surface area contributed by atoms with Crippen molar-refractivity contribution in [1.29, 1.82) is 0 Å². The van der Waals surface area contributed by atoms with Crippen molar-refractivity contribution in [2.75, 3.05) is 6.61 Å². The molecule has 1 aromatic carbocycles. The highest BCUT2D eigenvalue weighted by Crippen LogP contribution is 2.44. The number of halogens is 3. The molecule has 0 spiro atoms. The van der Waals surface area contributed by atoms with Crippen molar-refractivity contribution in [1.82, 2.24) is 0 Å². The van der Waals surface area contributed by atoms with Gasteiger partial charge in [-0.1, -0.05) is 45.9 Å². The lowest BCUT2D eigenvalue weighted by Gasteiger charge is -2.40. The molecule has 4 nitrogen and oxygen atoms in total. The molecule has 0 aromatic heterocycles. The standard InChI is InChI=1S/C30H45F3O4Si/c1-21(25-16-17-27-26(25)14-9-7-8-10-15-28(34)36-27)18-24(37-38(5,6)29(2,3)4)20-35-23-13-11-12-22(19-23)30(31,32)33/h7,9,11-13,19,21,24-27H,8,10,14-18,20H2,1-6H3/b9-7-/t21?,24-,25-,26-,27+/m1/s1. The van der Waals surface area contributed by atoms with Crippen molar-refractivity contribution >= 4 is 14.3 Å². The Balaban J connectivity index is 1.76. The molecule has 214 valence electrons. The number of benzene rings is 1. The molecule has 0 amide bonds. The molecule has 5 atom stereocenters. The van der Waals surface area contributed by atoms with E-state index in [9.17, 15) is 18.0 Å². The molecule has 1 heterocycles. The van der Waals surface area contributed by atoms with Gasteiger partial charge in [0.2, 0.25) is 0 Å². The van der Waals surface area contributed by atoms with E-state index < -0.39 is 20.1 Å². The summed E-state index contributed by atoms with van der Waals surface area (Å²) >= 11 is 0. The average molecular weight is 555 g/mol. The van der Waals surface area contributed by atoms with Gasteiger partial charge >= 0.3 is 12.1 Å². The first-order valence-corrected chi connectivity index (χ1v) is 16.9. The number of alkyl halides is 3. The Kier molecular flexibility index (Phi) is 10.2. The van der Waals surface area contributed by atoms with Gasteiger partial charge in [0, 0.05) is 12.3 Å². The maximum atomic E-state index is 13.2. The molecule has 3 rings (SSSR count). The second-order valence-electron chi connectivity index (χ2n) is 12.6. The van der Waals surface area contributed by atoms with Gasteiger partial charge in [-0.3, -0.25) is 4.79 Å². The van der Waals surface area contributed by atoms with Gasteiger partial charge in [-0.15, -0.1) is 0 Å². The highest BCUT2D eigenvalue weighted by molar-refractivity contribution is 6.74. The van der Waals surface area contributed by atoms with Crippen molar-refractivity contribution in [2.24, 2.45) is 17.8 Å². The summed E-state index contributed by atoms with van der Waals surface area (Å²) < 4.78 is 58.3. The van der Waals surface area contributed by atoms with Crippen LogP contribution in [0.1, 0.15) is 78.2 Å². The van der Waals surface area contributed by atoms with Gasteiger partial charge in [0.25, 0.3) is 0 Å². The first-order valence-electron chi connectivity index (χ1n) is 14.0. The number of hydrogen-bond acceptors (Lipinski definition) is 4. The van der Waals surface area contributed by atoms with Crippen LogP contribution in [0.4, 0.5) is 13.2 Å². The largest absolute Gasteiger partial charge is 0.491 e. The first kappa shape index (κ1) is 30.7. The average Bonchev–Trinajstić information content (AvgIpc) is 3.21. The number of esters is 1. The summed E-state index contributed by atoms with van der Waals surface area (Å²) in [6.07, 6.45) is 5.35. The lowest BCUT2D eigenvalue weighted by molar-refractivity contribution is -0.151. The van der Waals surface area contributed by atoms with E-state index >= 15 is 0 Å². The minimum atomic E-state index is -4.42. The predicted octanol–water partition coefficient (Wildman–Crippen LogP) is 8.57. The predicted molar refractivity (Wildman–Crippen MR) is 146 cm³/mol. The zero-order chi connectivity index (χ0) is 28.1. The number of carbonyl (C=O) groups is 1. The summed E-state index contributed by atoms with van der Waals surface area (Å²) in [4.78, 5) is 12.3. The lowest BCUT2D eigenvalue weighted by atomic mass is 9.80. The summed E-state index contributed by atoms with van der Waals surface area (Å²) in [5.41, 5.74) is -0.721. The smallest absolute Gasteiger partial charge is 0.416 e. The van der Waals surface area contributed by atoms with E-state index in [1.807, 2.05) is 0 Å². The highest BCUT2D eigenvalue weighted by atomic mass is 28.4. The molecule has 1 saturated carbocycles. The van der Waals surface area contributed by atoms with E-state index in [1.165, 1.54) is 6.07 Å². The van der Waals surface area contributed by atoms with E-state index in [0.717, 1.165) is 50.7 Å². The number of fused-ring (bicyclic) bond motifs is 1. The van der Waals surface area contributed by atoms with Gasteiger partial charge in [-0.25, -0.2) is 0 Å². The zero-order valence-electron chi connectivity index (χ0n) is 23.8. The first-order chi connectivity index (χ1) is 17.7. The highest BCUT2D eigenvalue weighted by Gasteiger charge is 2.43. The van der Waals surface area contributed by atoms with Crippen molar-refractivity contribution in [3.8, 4) is 5.75 Å². The zero-order valence-corrected chi connectivity index (χ0v) is 24.8. The number of carbonyl (C=O) groups excluding carboxylic acids is 1. The third-order valence-electron chi connectivity index (χ3n) is 8.65. The van der Waals surface area contributed by atoms with Crippen LogP contribution in [0.25, 0.3) is 0 Å². The van der Waals surface area contributed by atoms with Crippen LogP contribution in [-0.4, -0.2) is 33.1 Å². The summed E-state index contributed by atoms with van der Waals surface area (Å²) in [6, 6.07) is 5.03. The molecule has 1 aliphatic carbocycles. The van der Waals surface area contributed by atoms with Crippen LogP contribution >= 0.6 is 0 Å². The molecule has 8 heteroatoms. The van der Waals surface area contributed by atoms with Crippen LogP contribution in [0.5, 0.6) is 5.75 Å². The summed E-state index contributed by atoms with van der Waals surface area (Å²) in [7, 11) is -2.16. The molecule has 2 aliphatic rings. The minimum absolute atomic E-state index is 0.0154. The summed E-state index contributed by atoms with van der Waals surface area (Å²) in [5.74, 6) is 1.01. The van der Waals surface area contributed by atoms with Crippen LogP contribution in [-0.2, 0) is 20.1 Å². The molecule has 0 saturated heterocycles. The molecule has 1 fully saturated rings. The van der Waals surface area contributed by atoms with Crippen molar-refractivity contribution in [3.63, 3.8) is 0 Å². The molecular formula is C30H45F3O4Si. The van der Waals surface area contributed by atoms with Gasteiger partial charge in [0.05, 0.1) is 11.7 Å². The van der Waals surface area contributed by atoms with E-state index in [4.69, 9.17) is 13.9 Å².